The third-order valence-corrected chi connectivity index (χ3v) is 9.58. The van der Waals surface area contributed by atoms with Crippen molar-refractivity contribution in [2.24, 2.45) is 0 Å². The summed E-state index contributed by atoms with van der Waals surface area (Å²) in [6.07, 6.45) is -3.53. The number of benzene rings is 1. The van der Waals surface area contributed by atoms with Crippen LogP contribution in [0.2, 0.25) is 0 Å². The van der Waals surface area contributed by atoms with Crippen molar-refractivity contribution in [1.29, 1.82) is 0 Å². The molecule has 5 nitrogen and oxygen atoms in total. The molecule has 3 unspecified atom stereocenters. The molecule has 2 aliphatic rings. The van der Waals surface area contributed by atoms with Crippen LogP contribution in [0, 0.1) is 6.92 Å². The molecule has 1 aliphatic carbocycles. The molecule has 3 atom stereocenters. The first-order chi connectivity index (χ1) is 15.8. The average Bonchev–Trinajstić information content (AvgIpc) is 3.35. The summed E-state index contributed by atoms with van der Waals surface area (Å²) in [5.74, 6) is 0. The number of rotatable bonds is 6. The van der Waals surface area contributed by atoms with Gasteiger partial charge in [0.05, 0.1) is 0 Å². The van der Waals surface area contributed by atoms with Gasteiger partial charge in [0.15, 0.2) is 9.84 Å². The number of halogens is 3. The molecule has 34 heavy (non-hydrogen) atoms. The molecule has 1 aromatic heterocycles. The third kappa shape index (κ3) is 4.28. The highest BCUT2D eigenvalue weighted by Crippen LogP contribution is 2.51. The summed E-state index contributed by atoms with van der Waals surface area (Å²) in [6.45, 7) is 2.45. The van der Waals surface area contributed by atoms with E-state index in [4.69, 9.17) is 4.84 Å². The van der Waals surface area contributed by atoms with Crippen molar-refractivity contribution < 1.29 is 35.9 Å². The van der Waals surface area contributed by atoms with E-state index in [1.807, 2.05) is 48.7 Å². The van der Waals surface area contributed by atoms with Crippen molar-refractivity contribution >= 4 is 33.2 Å². The lowest BCUT2D eigenvalue weighted by Crippen LogP contribution is -2.49. The quantitative estimate of drug-likeness (QED) is 0.406. The number of carbonyl (C=O) groups is 1. The minimum absolute atomic E-state index is 0.108. The highest BCUT2D eigenvalue weighted by Gasteiger charge is 2.54. The summed E-state index contributed by atoms with van der Waals surface area (Å²) < 4.78 is 64.1. The zero-order valence-electron chi connectivity index (χ0n) is 18.9. The maximum absolute atomic E-state index is 13.3. The van der Waals surface area contributed by atoms with Gasteiger partial charge in [-0.25, -0.2) is 13.2 Å². The van der Waals surface area contributed by atoms with Crippen LogP contribution in [0.1, 0.15) is 29.3 Å². The van der Waals surface area contributed by atoms with Crippen molar-refractivity contribution in [3.63, 3.8) is 0 Å². The van der Waals surface area contributed by atoms with Crippen LogP contribution in [0.25, 0.3) is 5.57 Å². The molecule has 1 saturated heterocycles. The van der Waals surface area contributed by atoms with Crippen LogP contribution in [0.5, 0.6) is 0 Å². The van der Waals surface area contributed by atoms with Gasteiger partial charge in [-0.15, -0.1) is 16.0 Å². The zero-order valence-corrected chi connectivity index (χ0v) is 20.6. The second-order valence-electron chi connectivity index (χ2n) is 8.98. The molecule has 1 aromatic carbocycles. The van der Waals surface area contributed by atoms with Crippen LogP contribution in [0.4, 0.5) is 13.2 Å². The summed E-state index contributed by atoms with van der Waals surface area (Å²) in [5, 5.41) is 1.87. The Morgan fingerprint density at radius 1 is 1.18 bits per heavy atom. The van der Waals surface area contributed by atoms with Gasteiger partial charge in [-0.2, -0.15) is 18.0 Å². The second kappa shape index (κ2) is 8.44. The number of aryl methyl sites for hydroxylation is 1. The molecular formula is C24H25F3NO4S2+. The van der Waals surface area contributed by atoms with Gasteiger partial charge < -0.3 is 0 Å². The first-order valence-electron chi connectivity index (χ1n) is 10.6. The van der Waals surface area contributed by atoms with Gasteiger partial charge >= 0.3 is 12.6 Å². The molecule has 1 aliphatic heterocycles. The third-order valence-electron chi connectivity index (χ3n) is 6.42. The molecule has 182 valence electrons. The molecule has 1 amide bonds. The fourth-order valence-corrected chi connectivity index (χ4v) is 7.38. The molecule has 2 aromatic rings. The Labute approximate surface area is 200 Å². The van der Waals surface area contributed by atoms with Crippen molar-refractivity contribution in [2.45, 2.75) is 37.3 Å². The molecule has 2 heterocycles. The number of hydrogen-bond donors (Lipinski definition) is 0. The van der Waals surface area contributed by atoms with Crippen LogP contribution in [-0.4, -0.2) is 51.1 Å². The lowest BCUT2D eigenvalue weighted by Gasteiger charge is -2.33. The van der Waals surface area contributed by atoms with Crippen molar-refractivity contribution in [3.8, 4) is 0 Å². The first kappa shape index (κ1) is 24.8. The number of amides is 1. The number of sulfone groups is 1. The lowest BCUT2D eigenvalue weighted by atomic mass is 9.81. The van der Waals surface area contributed by atoms with E-state index in [0.29, 0.717) is 28.0 Å². The Kier molecular flexibility index (Phi) is 6.17. The van der Waals surface area contributed by atoms with Gasteiger partial charge in [0.25, 0.3) is 0 Å². The zero-order chi connectivity index (χ0) is 24.9. The number of carbonyl (C=O) groups excluding carboxylic acids is 1. The molecule has 0 saturated carbocycles. The summed E-state index contributed by atoms with van der Waals surface area (Å²) >= 11 is 1.33. The predicted molar refractivity (Wildman–Crippen MR) is 124 cm³/mol. The molecule has 4 rings (SSSR count). The van der Waals surface area contributed by atoms with Crippen LogP contribution >= 0.6 is 11.3 Å². The van der Waals surface area contributed by atoms with Crippen molar-refractivity contribution in [1.82, 2.24) is 0 Å². The van der Waals surface area contributed by atoms with Gasteiger partial charge in [-0.1, -0.05) is 30.3 Å². The van der Waals surface area contributed by atoms with E-state index < -0.39 is 31.5 Å². The van der Waals surface area contributed by atoms with Crippen LogP contribution in [0.3, 0.4) is 0 Å². The topological polar surface area (TPSA) is 60.4 Å². The Balaban J connectivity index is 1.92. The van der Waals surface area contributed by atoms with Gasteiger partial charge in [-0.05, 0) is 48.1 Å². The SMILES string of the molecule is Cc1csc(C2(S(C)(=O)=O)C=C3C[N+](C=O)(OC(C)C(F)(F)F)CC3=C(c3ccccc3)C2)c1. The number of hydroxylamine groups is 3. The number of allylic oxidation sites excluding steroid dienone is 1. The lowest BCUT2D eigenvalue weighted by molar-refractivity contribution is -1.03. The second-order valence-corrected chi connectivity index (χ2v) is 12.2. The Bertz CT molecular complexity index is 1280. The van der Waals surface area contributed by atoms with Gasteiger partial charge in [-0.3, -0.25) is 0 Å². The molecule has 0 bridgehead atoms. The fourth-order valence-electron chi connectivity index (χ4n) is 4.63. The van der Waals surface area contributed by atoms with E-state index >= 15 is 0 Å². The molecule has 10 heteroatoms. The molecule has 0 N–H and O–H groups in total. The highest BCUT2D eigenvalue weighted by atomic mass is 32.2. The van der Waals surface area contributed by atoms with E-state index in [9.17, 15) is 26.4 Å². The highest BCUT2D eigenvalue weighted by molar-refractivity contribution is 7.92. The fraction of sp³-hybridized carbons (Fsp3) is 0.375. The number of likely N-dealkylation sites (tertiary alicyclic amines) is 1. The van der Waals surface area contributed by atoms with E-state index in [1.54, 1.807) is 6.08 Å². The standard InChI is InChI=1S/C24H25F3NO4S2/c1-16-9-22(33-14-16)23(34(3,30)31)10-19-12-28(15-29,32-17(2)24(25,26)27)13-21(19)20(11-23)18-7-5-4-6-8-18/h4-10,14-15,17H,11-13H2,1-3H3/q+1. The maximum Gasteiger partial charge on any atom is 0.420 e. The molecular weight excluding hydrogens is 487 g/mol. The summed E-state index contributed by atoms with van der Waals surface area (Å²) in [6, 6.07) is 11.0. The maximum atomic E-state index is 13.3. The van der Waals surface area contributed by atoms with Crippen LogP contribution in [-0.2, 0) is 24.2 Å². The predicted octanol–water partition coefficient (Wildman–Crippen LogP) is 4.95. The van der Waals surface area contributed by atoms with Crippen molar-refractivity contribution in [3.05, 3.63) is 75.0 Å². The normalized spacial score (nSPS) is 26.2. The minimum atomic E-state index is -4.64. The van der Waals surface area contributed by atoms with Crippen molar-refractivity contribution in [2.75, 3.05) is 19.3 Å². The summed E-state index contributed by atoms with van der Waals surface area (Å²) in [5.41, 5.74) is 3.55. The summed E-state index contributed by atoms with van der Waals surface area (Å²) in [4.78, 5) is 18.0. The van der Waals surface area contributed by atoms with E-state index in [-0.39, 0.29) is 19.5 Å². The van der Waals surface area contributed by atoms with Crippen LogP contribution in [0.15, 0.2) is 59.0 Å². The van der Waals surface area contributed by atoms with Gasteiger partial charge in [0.2, 0.25) is 6.10 Å². The number of thiophene rings is 1. The monoisotopic (exact) mass is 512 g/mol. The van der Waals surface area contributed by atoms with Gasteiger partial charge in [0.1, 0.15) is 17.8 Å². The Morgan fingerprint density at radius 2 is 1.85 bits per heavy atom. The number of nitrogens with zero attached hydrogens (tertiary/aromatic N) is 1. The Hall–Kier alpha value is -2.27. The molecule has 0 spiro atoms. The largest absolute Gasteiger partial charge is 0.420 e. The number of fused-ring (bicyclic) bond motifs is 1. The molecule has 1 fully saturated rings. The minimum Gasteiger partial charge on any atom is -0.230 e. The van der Waals surface area contributed by atoms with Gasteiger partial charge in [0, 0.05) is 28.7 Å². The Morgan fingerprint density at radius 3 is 2.38 bits per heavy atom. The first-order valence-corrected chi connectivity index (χ1v) is 13.4. The molecule has 0 radical (unpaired) electrons. The number of hydrogen-bond acceptors (Lipinski definition) is 5. The number of quaternary nitrogens is 1. The van der Waals surface area contributed by atoms with Crippen LogP contribution < -0.4 is 0 Å². The van der Waals surface area contributed by atoms with E-state index in [0.717, 1.165) is 18.1 Å². The smallest absolute Gasteiger partial charge is 0.230 e. The average molecular weight is 513 g/mol. The van der Waals surface area contributed by atoms with E-state index in [2.05, 4.69) is 0 Å². The number of alkyl halides is 3. The van der Waals surface area contributed by atoms with E-state index in [1.165, 1.54) is 17.6 Å². The summed E-state index contributed by atoms with van der Waals surface area (Å²) in [7, 11) is -3.71.